The topological polar surface area (TPSA) is 9.23 Å². The summed E-state index contributed by atoms with van der Waals surface area (Å²) < 4.78 is 6.13. The van der Waals surface area contributed by atoms with Crippen molar-refractivity contribution >= 4 is 8.58 Å². The molecule has 0 spiro atoms. The van der Waals surface area contributed by atoms with Crippen molar-refractivity contribution in [3.63, 3.8) is 0 Å². The Morgan fingerprint density at radius 1 is 0.710 bits per heavy atom. The number of aryl methyl sites for hydroxylation is 1. The van der Waals surface area contributed by atoms with Crippen molar-refractivity contribution in [3.8, 4) is 11.5 Å². The fraction of sp³-hybridized carbons (Fsp3) is 0.379. The molecule has 1 nitrogen and oxygen atoms in total. The third-order valence-corrected chi connectivity index (χ3v) is 8.01. The third-order valence-electron chi connectivity index (χ3n) is 5.96. The van der Waals surface area contributed by atoms with Crippen LogP contribution in [0.1, 0.15) is 57.2 Å². The third kappa shape index (κ3) is 8.15. The predicted octanol–water partition coefficient (Wildman–Crippen LogP) is 8.50. The molecule has 31 heavy (non-hydrogen) atoms. The minimum Gasteiger partial charge on any atom is -0.457 e. The van der Waals surface area contributed by atoms with Crippen LogP contribution in [0.3, 0.4) is 0 Å². The van der Waals surface area contributed by atoms with Gasteiger partial charge in [-0.2, -0.15) is 0 Å². The van der Waals surface area contributed by atoms with E-state index < -0.39 is 0 Å². The first-order valence-corrected chi connectivity index (χ1v) is 12.8. The molecular weight excluding hydrogens is 395 g/mol. The van der Waals surface area contributed by atoms with Gasteiger partial charge in [0, 0.05) is 0 Å². The molecule has 0 N–H and O–H groups in total. The van der Waals surface area contributed by atoms with Crippen LogP contribution in [0, 0.1) is 5.92 Å². The summed E-state index contributed by atoms with van der Waals surface area (Å²) in [5, 5.41) is 0. The van der Waals surface area contributed by atoms with Crippen LogP contribution in [-0.2, 0) is 12.8 Å². The zero-order valence-corrected chi connectivity index (χ0v) is 20.5. The van der Waals surface area contributed by atoms with Crippen LogP contribution in [0.25, 0.3) is 0 Å². The van der Waals surface area contributed by atoms with Gasteiger partial charge in [-0.3, -0.25) is 0 Å². The van der Waals surface area contributed by atoms with E-state index in [4.69, 9.17) is 4.74 Å². The number of benzene rings is 3. The molecule has 0 saturated carbocycles. The van der Waals surface area contributed by atoms with E-state index in [9.17, 15) is 0 Å². The Hall–Kier alpha value is -2.11. The Kier molecular flexibility index (Phi) is 9.16. The maximum Gasteiger partial charge on any atom is 0.127 e. The molecule has 3 atom stereocenters. The van der Waals surface area contributed by atoms with Gasteiger partial charge in [-0.25, -0.2) is 0 Å². The zero-order valence-electron chi connectivity index (χ0n) is 19.5. The summed E-state index contributed by atoms with van der Waals surface area (Å²) in [6.07, 6.45) is 4.63. The van der Waals surface area contributed by atoms with Crippen LogP contribution < -0.4 is 4.74 Å². The van der Waals surface area contributed by atoms with E-state index in [0.717, 1.165) is 50.2 Å². The molecule has 3 rings (SSSR count). The summed E-state index contributed by atoms with van der Waals surface area (Å²) in [5.41, 5.74) is 5.66. The highest BCUT2D eigenvalue weighted by Crippen LogP contribution is 2.33. The Balaban J connectivity index is 1.49. The van der Waals surface area contributed by atoms with Crippen molar-refractivity contribution < 1.29 is 4.74 Å². The molecule has 0 saturated heterocycles. The first-order valence-electron chi connectivity index (χ1n) is 11.7. The van der Waals surface area contributed by atoms with E-state index >= 15 is 0 Å². The largest absolute Gasteiger partial charge is 0.457 e. The van der Waals surface area contributed by atoms with Crippen molar-refractivity contribution in [2.24, 2.45) is 5.92 Å². The Labute approximate surface area is 191 Å². The summed E-state index contributed by atoms with van der Waals surface area (Å²) in [6.45, 7) is 9.49. The fourth-order valence-corrected chi connectivity index (χ4v) is 5.40. The van der Waals surface area contributed by atoms with Gasteiger partial charge >= 0.3 is 0 Å². The van der Waals surface area contributed by atoms with Gasteiger partial charge in [-0.1, -0.05) is 82.3 Å². The van der Waals surface area contributed by atoms with Crippen LogP contribution in [0.15, 0.2) is 78.9 Å². The summed E-state index contributed by atoms with van der Waals surface area (Å²) >= 11 is 0. The van der Waals surface area contributed by atoms with E-state index in [0.29, 0.717) is 0 Å². The Morgan fingerprint density at radius 2 is 1.39 bits per heavy atom. The number of ether oxygens (including phenoxy) is 1. The smallest absolute Gasteiger partial charge is 0.127 e. The molecule has 0 radical (unpaired) electrons. The number of hydrogen-bond acceptors (Lipinski definition) is 1. The molecule has 0 heterocycles. The Bertz CT molecular complexity index is 902. The average Bonchev–Trinajstić information content (AvgIpc) is 2.76. The van der Waals surface area contributed by atoms with E-state index in [1.165, 1.54) is 29.5 Å². The molecule has 3 aromatic rings. The maximum absolute atomic E-state index is 6.13. The molecule has 0 aliphatic rings. The van der Waals surface area contributed by atoms with Crippen molar-refractivity contribution in [2.45, 2.75) is 64.7 Å². The second kappa shape index (κ2) is 12.1. The molecule has 164 valence electrons. The molecule has 0 aromatic heterocycles. The van der Waals surface area contributed by atoms with Crippen molar-refractivity contribution in [1.29, 1.82) is 0 Å². The van der Waals surface area contributed by atoms with Gasteiger partial charge in [0.1, 0.15) is 11.5 Å². The molecule has 0 amide bonds. The molecular formula is C29H37OP. The number of rotatable bonds is 11. The fourth-order valence-electron chi connectivity index (χ4n) is 3.74. The minimum atomic E-state index is 0.794. The monoisotopic (exact) mass is 432 g/mol. The molecule has 3 unspecified atom stereocenters. The van der Waals surface area contributed by atoms with Gasteiger partial charge in [0.2, 0.25) is 0 Å². The highest BCUT2D eigenvalue weighted by atomic mass is 31.1. The van der Waals surface area contributed by atoms with Crippen molar-refractivity contribution in [2.75, 3.05) is 0 Å². The quantitative estimate of drug-likeness (QED) is 0.276. The van der Waals surface area contributed by atoms with Gasteiger partial charge in [0.25, 0.3) is 0 Å². The van der Waals surface area contributed by atoms with E-state index in [2.05, 4.69) is 107 Å². The molecule has 2 heteroatoms. The van der Waals surface area contributed by atoms with Crippen LogP contribution in [0.4, 0.5) is 0 Å². The van der Waals surface area contributed by atoms with E-state index in [-0.39, 0.29) is 0 Å². The molecule has 3 aromatic carbocycles. The lowest BCUT2D eigenvalue weighted by atomic mass is 10.1. The van der Waals surface area contributed by atoms with Gasteiger partial charge in [0.15, 0.2) is 0 Å². The first kappa shape index (κ1) is 23.6. The predicted molar refractivity (Wildman–Crippen MR) is 137 cm³/mol. The van der Waals surface area contributed by atoms with Crippen LogP contribution in [0.2, 0.25) is 0 Å². The highest BCUT2D eigenvalue weighted by Gasteiger charge is 2.11. The maximum atomic E-state index is 6.13. The van der Waals surface area contributed by atoms with E-state index in [1.807, 2.05) is 0 Å². The van der Waals surface area contributed by atoms with E-state index in [1.54, 1.807) is 0 Å². The van der Waals surface area contributed by atoms with Crippen molar-refractivity contribution in [3.05, 3.63) is 95.6 Å². The van der Waals surface area contributed by atoms with Crippen LogP contribution >= 0.6 is 8.58 Å². The first-order chi connectivity index (χ1) is 15.0. The lowest BCUT2D eigenvalue weighted by Gasteiger charge is -2.20. The number of hydrogen-bond donors (Lipinski definition) is 0. The van der Waals surface area contributed by atoms with Crippen molar-refractivity contribution in [1.82, 2.24) is 0 Å². The molecule has 0 aliphatic heterocycles. The van der Waals surface area contributed by atoms with Crippen LogP contribution in [-0.4, -0.2) is 11.3 Å². The van der Waals surface area contributed by atoms with Gasteiger partial charge < -0.3 is 4.74 Å². The second-order valence-corrected chi connectivity index (χ2v) is 11.3. The molecule has 0 fully saturated rings. The average molecular weight is 433 g/mol. The summed E-state index contributed by atoms with van der Waals surface area (Å²) in [7, 11) is 1.07. The van der Waals surface area contributed by atoms with Gasteiger partial charge in [-0.15, -0.1) is 8.58 Å². The zero-order chi connectivity index (χ0) is 22.1. The van der Waals surface area contributed by atoms with Gasteiger partial charge in [-0.05, 0) is 83.9 Å². The second-order valence-electron chi connectivity index (χ2n) is 9.05. The summed E-state index contributed by atoms with van der Waals surface area (Å²) in [5.74, 6) is 2.62. The summed E-state index contributed by atoms with van der Waals surface area (Å²) in [4.78, 5) is 0. The normalized spacial score (nSPS) is 13.6. The SMILES string of the molecule is CC(CCCc1cccc(Oc2ccc(Cc3ccccc3)cc2)c1)PC(C)C(C)C. The summed E-state index contributed by atoms with van der Waals surface area (Å²) in [6, 6.07) is 27.6. The minimum absolute atomic E-state index is 0.794. The lowest BCUT2D eigenvalue weighted by molar-refractivity contribution is 0.481. The standard InChI is InChI=1S/C29H37OP/c1-22(2)24(4)31-23(3)10-8-13-26-14-9-15-29(21-26)30-28-18-16-27(17-19-28)20-25-11-6-5-7-12-25/h5-7,9,11-12,14-19,21-24,31H,8,10,13,20H2,1-4H3. The van der Waals surface area contributed by atoms with Crippen LogP contribution in [0.5, 0.6) is 11.5 Å². The van der Waals surface area contributed by atoms with Gasteiger partial charge in [0.05, 0.1) is 0 Å². The molecule has 0 aliphatic carbocycles. The lowest BCUT2D eigenvalue weighted by Crippen LogP contribution is -2.09. The highest BCUT2D eigenvalue weighted by molar-refractivity contribution is 7.39. The Morgan fingerprint density at radius 3 is 2.10 bits per heavy atom. The molecule has 0 bridgehead atoms.